The molecule has 0 spiro atoms. The molecule has 2 heteroatoms. The van der Waals surface area contributed by atoms with Crippen molar-refractivity contribution in [1.29, 1.82) is 0 Å². The van der Waals surface area contributed by atoms with Gasteiger partial charge in [-0.2, -0.15) is 0 Å². The molecule has 0 bridgehead atoms. The fraction of sp³-hybridized carbons (Fsp3) is 1.00. The zero-order valence-electron chi connectivity index (χ0n) is 11.2. The lowest BCUT2D eigenvalue weighted by Crippen LogP contribution is -1.85. The Hall–Kier alpha value is -0.0800. The van der Waals surface area contributed by atoms with Gasteiger partial charge in [-0.1, -0.05) is 58.8 Å². The molecule has 98 valence electrons. The van der Waals surface area contributed by atoms with Crippen LogP contribution in [0, 0.1) is 0 Å². The fourth-order valence-corrected chi connectivity index (χ4v) is 1.55. The van der Waals surface area contributed by atoms with Gasteiger partial charge in [0.05, 0.1) is 12.7 Å². The van der Waals surface area contributed by atoms with Crippen molar-refractivity contribution in [3.05, 3.63) is 0 Å². The second-order valence-corrected chi connectivity index (χ2v) is 4.59. The van der Waals surface area contributed by atoms with Crippen LogP contribution in [-0.2, 0) is 4.74 Å². The first-order valence-electron chi connectivity index (χ1n) is 7.07. The fourth-order valence-electron chi connectivity index (χ4n) is 1.55. The maximum absolute atomic E-state index is 8.07. The summed E-state index contributed by atoms with van der Waals surface area (Å²) in [6.07, 6.45) is 12.4. The zero-order chi connectivity index (χ0) is 12.1. The molecule has 1 heterocycles. The van der Waals surface area contributed by atoms with Gasteiger partial charge in [-0.25, -0.2) is 0 Å². The third-order valence-electron chi connectivity index (χ3n) is 2.79. The lowest BCUT2D eigenvalue weighted by molar-refractivity contribution is 0.287. The number of unbranched alkanes of at least 4 members (excludes halogenated alkanes) is 6. The molecule has 0 amide bonds. The molecule has 0 aromatic heterocycles. The number of aliphatic hydroxyl groups excluding tert-OH is 1. The molecule has 16 heavy (non-hydrogen) atoms. The van der Waals surface area contributed by atoms with Crippen molar-refractivity contribution in [1.82, 2.24) is 0 Å². The minimum Gasteiger partial charge on any atom is -0.396 e. The number of ether oxygens (including phenoxy) is 1. The Morgan fingerprint density at radius 3 is 1.94 bits per heavy atom. The first kappa shape index (κ1) is 15.9. The summed E-state index contributed by atoms with van der Waals surface area (Å²) in [7, 11) is 0. The summed E-state index contributed by atoms with van der Waals surface area (Å²) in [5, 5.41) is 8.07. The van der Waals surface area contributed by atoms with E-state index in [1.807, 2.05) is 0 Å². The van der Waals surface area contributed by atoms with E-state index in [9.17, 15) is 0 Å². The summed E-state index contributed by atoms with van der Waals surface area (Å²) < 4.78 is 5.14. The van der Waals surface area contributed by atoms with Gasteiger partial charge in [-0.3, -0.25) is 0 Å². The van der Waals surface area contributed by atoms with E-state index in [2.05, 4.69) is 13.8 Å². The molecule has 0 aliphatic carbocycles. The highest BCUT2D eigenvalue weighted by Crippen LogP contribution is 2.17. The van der Waals surface area contributed by atoms with E-state index in [0.29, 0.717) is 12.7 Å². The van der Waals surface area contributed by atoms with E-state index in [1.165, 1.54) is 44.9 Å². The van der Waals surface area contributed by atoms with Crippen molar-refractivity contribution in [2.45, 2.75) is 77.7 Å². The highest BCUT2D eigenvalue weighted by atomic mass is 16.6. The van der Waals surface area contributed by atoms with E-state index in [1.54, 1.807) is 0 Å². The van der Waals surface area contributed by atoms with Crippen molar-refractivity contribution in [3.8, 4) is 0 Å². The minimum absolute atomic E-state index is 0.344. The Labute approximate surface area is 101 Å². The van der Waals surface area contributed by atoms with Gasteiger partial charge in [0, 0.05) is 6.61 Å². The summed E-state index contributed by atoms with van der Waals surface area (Å²) in [6.45, 7) is 5.69. The highest BCUT2D eigenvalue weighted by molar-refractivity contribution is 4.68. The topological polar surface area (TPSA) is 32.8 Å². The van der Waals surface area contributed by atoms with Gasteiger partial charge in [0.15, 0.2) is 0 Å². The second-order valence-electron chi connectivity index (χ2n) is 4.59. The molecule has 1 atom stereocenters. The molecule has 1 saturated heterocycles. The molecule has 0 saturated carbocycles. The standard InChI is InChI=1S/C10H20O.C4H10O/c1-2-3-4-5-6-7-8-10-9-11-10;1-2-3-4-5/h10H,2-9H2,1H3;5H,2-4H2,1H3. The molecule has 0 aromatic carbocycles. The van der Waals surface area contributed by atoms with Crippen molar-refractivity contribution >= 4 is 0 Å². The first-order valence-corrected chi connectivity index (χ1v) is 7.07. The maximum Gasteiger partial charge on any atom is 0.0810 e. The van der Waals surface area contributed by atoms with Gasteiger partial charge in [-0.15, -0.1) is 0 Å². The van der Waals surface area contributed by atoms with Crippen LogP contribution in [0.25, 0.3) is 0 Å². The van der Waals surface area contributed by atoms with Crippen LogP contribution in [0.5, 0.6) is 0 Å². The molecule has 1 N–H and O–H groups in total. The summed E-state index contributed by atoms with van der Waals surface area (Å²) in [5.74, 6) is 0. The molecule has 0 aromatic rings. The van der Waals surface area contributed by atoms with E-state index in [0.717, 1.165) is 19.4 Å². The Kier molecular flexibility index (Phi) is 12.9. The molecule has 1 fully saturated rings. The average Bonchev–Trinajstić information content (AvgIpc) is 3.09. The van der Waals surface area contributed by atoms with Crippen LogP contribution in [0.15, 0.2) is 0 Å². The average molecular weight is 230 g/mol. The lowest BCUT2D eigenvalue weighted by Gasteiger charge is -1.97. The number of aliphatic hydroxyl groups is 1. The Morgan fingerprint density at radius 1 is 0.938 bits per heavy atom. The van der Waals surface area contributed by atoms with Crippen LogP contribution in [-0.4, -0.2) is 24.4 Å². The van der Waals surface area contributed by atoms with Gasteiger partial charge in [0.1, 0.15) is 0 Å². The van der Waals surface area contributed by atoms with Crippen molar-refractivity contribution in [3.63, 3.8) is 0 Å². The minimum atomic E-state index is 0.344. The van der Waals surface area contributed by atoms with Crippen LogP contribution in [0.2, 0.25) is 0 Å². The van der Waals surface area contributed by atoms with Crippen molar-refractivity contribution in [2.75, 3.05) is 13.2 Å². The molecular formula is C14H30O2. The van der Waals surface area contributed by atoms with E-state index in [4.69, 9.17) is 9.84 Å². The van der Waals surface area contributed by atoms with E-state index < -0.39 is 0 Å². The molecule has 1 unspecified atom stereocenters. The quantitative estimate of drug-likeness (QED) is 0.481. The highest BCUT2D eigenvalue weighted by Gasteiger charge is 2.20. The Bertz CT molecular complexity index is 120. The molecule has 1 rings (SSSR count). The normalized spacial score (nSPS) is 17.8. The summed E-state index contributed by atoms with van der Waals surface area (Å²) in [5.41, 5.74) is 0. The van der Waals surface area contributed by atoms with E-state index in [-0.39, 0.29) is 0 Å². The van der Waals surface area contributed by atoms with Crippen LogP contribution in [0.3, 0.4) is 0 Å². The first-order chi connectivity index (χ1) is 7.85. The largest absolute Gasteiger partial charge is 0.396 e. The third-order valence-corrected chi connectivity index (χ3v) is 2.79. The van der Waals surface area contributed by atoms with Crippen LogP contribution in [0.4, 0.5) is 0 Å². The van der Waals surface area contributed by atoms with Crippen molar-refractivity contribution < 1.29 is 9.84 Å². The predicted molar refractivity (Wildman–Crippen MR) is 69.7 cm³/mol. The van der Waals surface area contributed by atoms with Crippen LogP contribution in [0.1, 0.15) is 71.6 Å². The molecule has 1 aliphatic rings. The number of rotatable bonds is 9. The van der Waals surface area contributed by atoms with Gasteiger partial charge >= 0.3 is 0 Å². The predicted octanol–water partition coefficient (Wildman–Crippen LogP) is 3.91. The van der Waals surface area contributed by atoms with Crippen LogP contribution >= 0.6 is 0 Å². The monoisotopic (exact) mass is 230 g/mol. The lowest BCUT2D eigenvalue weighted by atomic mass is 10.1. The van der Waals surface area contributed by atoms with Crippen LogP contribution < -0.4 is 0 Å². The van der Waals surface area contributed by atoms with Gasteiger partial charge < -0.3 is 9.84 Å². The number of hydrogen-bond donors (Lipinski definition) is 1. The van der Waals surface area contributed by atoms with Gasteiger partial charge in [0.25, 0.3) is 0 Å². The molecule has 0 radical (unpaired) electrons. The SMILES string of the molecule is CCCCCCCCC1CO1.CCCCO. The maximum atomic E-state index is 8.07. The molecular weight excluding hydrogens is 200 g/mol. The zero-order valence-corrected chi connectivity index (χ0v) is 11.2. The third kappa shape index (κ3) is 13.9. The van der Waals surface area contributed by atoms with E-state index >= 15 is 0 Å². The smallest absolute Gasteiger partial charge is 0.0810 e. The Morgan fingerprint density at radius 2 is 1.50 bits per heavy atom. The second kappa shape index (κ2) is 13.0. The van der Waals surface area contributed by atoms with Crippen molar-refractivity contribution in [2.24, 2.45) is 0 Å². The summed E-state index contributed by atoms with van der Waals surface area (Å²) in [6, 6.07) is 0. The molecule has 2 nitrogen and oxygen atoms in total. The number of epoxide rings is 1. The number of hydrogen-bond acceptors (Lipinski definition) is 2. The Balaban J connectivity index is 0.000000385. The van der Waals surface area contributed by atoms with Gasteiger partial charge in [-0.05, 0) is 12.8 Å². The van der Waals surface area contributed by atoms with Gasteiger partial charge in [0.2, 0.25) is 0 Å². The summed E-state index contributed by atoms with van der Waals surface area (Å²) in [4.78, 5) is 0. The molecule has 1 aliphatic heterocycles. The summed E-state index contributed by atoms with van der Waals surface area (Å²) >= 11 is 0.